The van der Waals surface area contributed by atoms with Crippen LogP contribution in [0.1, 0.15) is 77.1 Å². The first-order chi connectivity index (χ1) is 32.0. The lowest BCUT2D eigenvalue weighted by Crippen LogP contribution is -1.93. The summed E-state index contributed by atoms with van der Waals surface area (Å²) in [7, 11) is 0. The molecule has 0 saturated carbocycles. The van der Waals surface area contributed by atoms with Crippen molar-refractivity contribution in [2.45, 2.75) is 81.1 Å². The SMILES string of the molecule is CC1=C=C=C(C2=CC=CCC2)C=C1.Cc1ccc(-c2cccc3c(-c4cc(-c5ccc(C)cc5C)c(C)cc4C)cccc23)cc1.Cc1ccc(C2=CCCC=C2)cc1.Cc1ccccc1. The van der Waals surface area contributed by atoms with E-state index in [1.807, 2.05) is 25.1 Å². The summed E-state index contributed by atoms with van der Waals surface area (Å²) in [6.07, 6.45) is 22.1. The van der Waals surface area contributed by atoms with Gasteiger partial charge in [0, 0.05) is 5.57 Å². The van der Waals surface area contributed by atoms with Gasteiger partial charge < -0.3 is 0 Å². The molecular weight excluding hydrogens is 793 g/mol. The van der Waals surface area contributed by atoms with Gasteiger partial charge in [-0.05, 0) is 182 Å². The third kappa shape index (κ3) is 12.3. The molecule has 0 saturated heterocycles. The molecule has 328 valence electrons. The second-order valence-electron chi connectivity index (χ2n) is 17.9. The van der Waals surface area contributed by atoms with Crippen molar-refractivity contribution in [2.75, 3.05) is 0 Å². The Morgan fingerprint density at radius 2 is 1.00 bits per heavy atom. The Morgan fingerprint density at radius 1 is 0.394 bits per heavy atom. The average Bonchev–Trinajstić information content (AvgIpc) is 3.34. The molecule has 0 fully saturated rings. The van der Waals surface area contributed by atoms with Crippen LogP contribution in [-0.4, -0.2) is 0 Å². The quantitative estimate of drug-likeness (QED) is 0.151. The topological polar surface area (TPSA) is 0 Å². The Hall–Kier alpha value is -7.20. The largest absolute Gasteiger partial charge is 0.0842 e. The molecule has 3 aliphatic carbocycles. The van der Waals surface area contributed by atoms with E-state index in [1.165, 1.54) is 118 Å². The normalized spacial score (nSPS) is 13.5. The van der Waals surface area contributed by atoms with E-state index < -0.39 is 0 Å². The van der Waals surface area contributed by atoms with E-state index >= 15 is 0 Å². The van der Waals surface area contributed by atoms with Gasteiger partial charge in [-0.15, -0.1) is 0 Å². The summed E-state index contributed by atoms with van der Waals surface area (Å²) in [4.78, 5) is 0. The van der Waals surface area contributed by atoms with E-state index in [2.05, 4.69) is 236 Å². The van der Waals surface area contributed by atoms with Gasteiger partial charge in [-0.2, -0.15) is 0 Å². The van der Waals surface area contributed by atoms with Crippen LogP contribution in [0.4, 0.5) is 0 Å². The highest BCUT2D eigenvalue weighted by atomic mass is 14.2. The number of hydrogen-bond donors (Lipinski definition) is 0. The van der Waals surface area contributed by atoms with Gasteiger partial charge in [-0.25, -0.2) is 0 Å². The smallest absolute Gasteiger partial charge is 0.0281 e. The molecule has 0 heterocycles. The molecule has 0 unspecified atom stereocenters. The van der Waals surface area contributed by atoms with Gasteiger partial charge in [0.1, 0.15) is 0 Å². The highest BCUT2D eigenvalue weighted by Gasteiger charge is 2.14. The molecule has 7 aromatic carbocycles. The minimum Gasteiger partial charge on any atom is -0.0842 e. The third-order valence-corrected chi connectivity index (χ3v) is 12.4. The molecule has 0 radical (unpaired) electrons. The fourth-order valence-corrected chi connectivity index (χ4v) is 8.66. The molecule has 0 amide bonds. The zero-order chi connectivity index (χ0) is 46.4. The van der Waals surface area contributed by atoms with Gasteiger partial charge in [0.15, 0.2) is 0 Å². The van der Waals surface area contributed by atoms with Gasteiger partial charge in [0.05, 0.1) is 0 Å². The Kier molecular flexibility index (Phi) is 16.0. The Labute approximate surface area is 395 Å². The number of aryl methyl sites for hydroxylation is 7. The zero-order valence-corrected chi connectivity index (χ0v) is 40.3. The fraction of sp³-hybridized carbons (Fsp3) is 0.182. The van der Waals surface area contributed by atoms with Crippen LogP contribution in [-0.2, 0) is 0 Å². The molecular formula is C66H64. The summed E-state index contributed by atoms with van der Waals surface area (Å²) in [6, 6.07) is 52.7. The monoisotopic (exact) mass is 857 g/mol. The number of rotatable bonds is 5. The predicted octanol–water partition coefficient (Wildman–Crippen LogP) is 18.6. The van der Waals surface area contributed by atoms with E-state index in [0.29, 0.717) is 0 Å². The molecule has 0 bridgehead atoms. The first-order valence-electron chi connectivity index (χ1n) is 23.5. The van der Waals surface area contributed by atoms with Crippen LogP contribution >= 0.6 is 0 Å². The maximum absolute atomic E-state index is 3.18. The maximum Gasteiger partial charge on any atom is 0.0281 e. The van der Waals surface area contributed by atoms with Crippen molar-refractivity contribution in [3.63, 3.8) is 0 Å². The van der Waals surface area contributed by atoms with Crippen LogP contribution in [0.5, 0.6) is 0 Å². The van der Waals surface area contributed by atoms with Gasteiger partial charge in [0.2, 0.25) is 0 Å². The van der Waals surface area contributed by atoms with Gasteiger partial charge in [0.25, 0.3) is 0 Å². The lowest BCUT2D eigenvalue weighted by molar-refractivity contribution is 0.978. The van der Waals surface area contributed by atoms with E-state index in [0.717, 1.165) is 18.4 Å². The fourth-order valence-electron chi connectivity index (χ4n) is 8.66. The molecule has 0 atom stereocenters. The lowest BCUT2D eigenvalue weighted by atomic mass is 9.87. The van der Waals surface area contributed by atoms with Crippen LogP contribution in [0.2, 0.25) is 0 Å². The predicted molar refractivity (Wildman–Crippen MR) is 288 cm³/mol. The van der Waals surface area contributed by atoms with Crippen molar-refractivity contribution in [3.05, 3.63) is 267 Å². The van der Waals surface area contributed by atoms with Crippen molar-refractivity contribution >= 4 is 16.3 Å². The van der Waals surface area contributed by atoms with Crippen LogP contribution < -0.4 is 0 Å². The standard InChI is InChI=1S/C33H30.C13H14.C13H12.C7H8/c1-21-12-15-26(16-13-21)28-8-6-10-30-29(28)9-7-11-31(30)33-20-32(24(4)19-25(33)5)27-17-14-22(2)18-23(27)3;2*1-11-7-9-13(10-8-11)12-5-3-2-4-6-12;1-7-5-3-2-4-6-7/h6-20H,1-5H3;3,5-10H,2,4H2,1H3;2-3,5,7,9H,4,6H2,1H3;2-6H,1H3. The number of benzene rings is 7. The van der Waals surface area contributed by atoms with Crippen molar-refractivity contribution in [1.82, 2.24) is 0 Å². The van der Waals surface area contributed by atoms with Crippen molar-refractivity contribution < 1.29 is 0 Å². The summed E-state index contributed by atoms with van der Waals surface area (Å²) < 4.78 is 0. The zero-order valence-electron chi connectivity index (χ0n) is 40.3. The number of fused-ring (bicyclic) bond motifs is 1. The summed E-state index contributed by atoms with van der Waals surface area (Å²) in [6.45, 7) is 17.2. The molecule has 0 N–H and O–H groups in total. The van der Waals surface area contributed by atoms with Crippen molar-refractivity contribution in [2.24, 2.45) is 0 Å². The lowest BCUT2D eigenvalue weighted by Gasteiger charge is -2.17. The Bertz CT molecular complexity index is 3070. The van der Waals surface area contributed by atoms with Crippen LogP contribution in [0.15, 0.2) is 222 Å². The molecule has 66 heavy (non-hydrogen) atoms. The van der Waals surface area contributed by atoms with Crippen molar-refractivity contribution in [1.29, 1.82) is 0 Å². The summed E-state index contributed by atoms with van der Waals surface area (Å²) in [5.41, 5.74) is 29.7. The molecule has 0 spiro atoms. The second kappa shape index (κ2) is 22.6. The Balaban J connectivity index is 0.000000159. The summed E-state index contributed by atoms with van der Waals surface area (Å²) in [5, 5.41) is 2.60. The number of allylic oxidation sites excluding steroid dienone is 12. The maximum atomic E-state index is 3.18. The summed E-state index contributed by atoms with van der Waals surface area (Å²) >= 11 is 0. The molecule has 0 aliphatic heterocycles. The van der Waals surface area contributed by atoms with Crippen molar-refractivity contribution in [3.8, 4) is 33.4 Å². The molecule has 0 aromatic heterocycles. The van der Waals surface area contributed by atoms with Crippen LogP contribution in [0.25, 0.3) is 49.7 Å². The first-order valence-corrected chi connectivity index (χ1v) is 23.5. The van der Waals surface area contributed by atoms with E-state index in [9.17, 15) is 0 Å². The molecule has 7 aromatic rings. The van der Waals surface area contributed by atoms with Gasteiger partial charge in [-0.3, -0.25) is 0 Å². The minimum absolute atomic E-state index is 1.13. The van der Waals surface area contributed by atoms with Gasteiger partial charge >= 0.3 is 0 Å². The molecule has 3 aliphatic rings. The minimum atomic E-state index is 1.13. The highest BCUT2D eigenvalue weighted by molar-refractivity contribution is 6.05. The third-order valence-electron chi connectivity index (χ3n) is 12.4. The van der Waals surface area contributed by atoms with E-state index in [1.54, 1.807) is 0 Å². The summed E-state index contributed by atoms with van der Waals surface area (Å²) in [5.74, 6) is 0. The first kappa shape index (κ1) is 46.8. The van der Waals surface area contributed by atoms with Crippen LogP contribution in [0, 0.1) is 48.5 Å². The average molecular weight is 857 g/mol. The second-order valence-corrected chi connectivity index (χ2v) is 17.9. The number of hydrogen-bond acceptors (Lipinski definition) is 0. The highest BCUT2D eigenvalue weighted by Crippen LogP contribution is 2.39. The van der Waals surface area contributed by atoms with Gasteiger partial charge in [-0.1, -0.05) is 210 Å². The van der Waals surface area contributed by atoms with Crippen LogP contribution in [0.3, 0.4) is 0 Å². The van der Waals surface area contributed by atoms with E-state index in [-0.39, 0.29) is 0 Å². The molecule has 10 rings (SSSR count). The van der Waals surface area contributed by atoms with E-state index in [4.69, 9.17) is 0 Å². The Morgan fingerprint density at radius 3 is 1.58 bits per heavy atom. The molecule has 0 nitrogen and oxygen atoms in total. The molecule has 0 heteroatoms.